The Hall–Kier alpha value is -0.510. The Morgan fingerprint density at radius 1 is 1.05 bits per heavy atom. The molecule has 0 saturated heterocycles. The molecule has 4 heteroatoms. The molecule has 0 spiro atoms. The predicted octanol–water partition coefficient (Wildman–Crippen LogP) is 6.43. The third kappa shape index (κ3) is 3.38. The molecule has 1 aliphatic carbocycles. The van der Waals surface area contributed by atoms with E-state index in [9.17, 15) is 0 Å². The van der Waals surface area contributed by atoms with Crippen molar-refractivity contribution in [3.8, 4) is 0 Å². The Morgan fingerprint density at radius 2 is 1.75 bits per heavy atom. The molecule has 1 aliphatic rings. The maximum atomic E-state index is 5.98. The Kier molecular flexibility index (Phi) is 4.39. The molecular weight excluding hydrogens is 401 g/mol. The zero-order chi connectivity index (χ0) is 14.1. The summed E-state index contributed by atoms with van der Waals surface area (Å²) in [5, 5.41) is 4.45. The summed E-state index contributed by atoms with van der Waals surface area (Å²) in [6, 6.07) is 14.7. The van der Waals surface area contributed by atoms with Crippen molar-refractivity contribution in [1.82, 2.24) is 0 Å². The van der Waals surface area contributed by atoms with Gasteiger partial charge in [-0.1, -0.05) is 39.7 Å². The average molecular weight is 416 g/mol. The second kappa shape index (κ2) is 6.08. The first-order valence-corrected chi connectivity index (χ1v) is 8.57. The van der Waals surface area contributed by atoms with E-state index in [1.807, 2.05) is 12.1 Å². The van der Waals surface area contributed by atoms with Crippen LogP contribution < -0.4 is 5.32 Å². The fraction of sp³-hybridized carbons (Fsp3) is 0.250. The molecule has 1 nitrogen and oxygen atoms in total. The minimum atomic E-state index is 0.352. The van der Waals surface area contributed by atoms with E-state index in [-0.39, 0.29) is 0 Å². The van der Waals surface area contributed by atoms with Crippen LogP contribution in [0, 0.1) is 5.92 Å². The highest BCUT2D eigenvalue weighted by Gasteiger charge is 2.32. The molecule has 1 unspecified atom stereocenters. The maximum Gasteiger partial charge on any atom is 0.0542 e. The van der Waals surface area contributed by atoms with E-state index in [2.05, 4.69) is 67.5 Å². The van der Waals surface area contributed by atoms with Crippen LogP contribution in [0.5, 0.6) is 0 Å². The second-order valence-electron chi connectivity index (χ2n) is 5.14. The van der Waals surface area contributed by atoms with Crippen molar-refractivity contribution < 1.29 is 0 Å². The van der Waals surface area contributed by atoms with Gasteiger partial charge >= 0.3 is 0 Å². The molecule has 0 heterocycles. The molecule has 1 fully saturated rings. The van der Waals surface area contributed by atoms with E-state index < -0.39 is 0 Å². The van der Waals surface area contributed by atoms with Gasteiger partial charge in [0, 0.05) is 19.7 Å². The van der Waals surface area contributed by atoms with Crippen LogP contribution in [0.2, 0.25) is 5.02 Å². The molecule has 1 N–H and O–H groups in total. The van der Waals surface area contributed by atoms with Crippen LogP contribution in [-0.2, 0) is 0 Å². The number of halogens is 3. The summed E-state index contributed by atoms with van der Waals surface area (Å²) in [5.74, 6) is 0.715. The van der Waals surface area contributed by atoms with Crippen LogP contribution in [-0.4, -0.2) is 0 Å². The molecular formula is C16H14Br2ClN. The minimum Gasteiger partial charge on any atom is -0.377 e. The molecule has 20 heavy (non-hydrogen) atoms. The van der Waals surface area contributed by atoms with Crippen molar-refractivity contribution in [3.63, 3.8) is 0 Å². The number of anilines is 1. The fourth-order valence-electron chi connectivity index (χ4n) is 2.35. The highest BCUT2D eigenvalue weighted by atomic mass is 79.9. The predicted molar refractivity (Wildman–Crippen MR) is 92.4 cm³/mol. The zero-order valence-electron chi connectivity index (χ0n) is 10.7. The minimum absolute atomic E-state index is 0.352. The fourth-order valence-corrected chi connectivity index (χ4v) is 3.63. The van der Waals surface area contributed by atoms with Crippen molar-refractivity contribution in [2.24, 2.45) is 5.92 Å². The lowest BCUT2D eigenvalue weighted by atomic mass is 10.0. The molecule has 0 aromatic heterocycles. The van der Waals surface area contributed by atoms with E-state index in [1.54, 1.807) is 0 Å². The molecule has 1 atom stereocenters. The van der Waals surface area contributed by atoms with Crippen LogP contribution in [0.4, 0.5) is 5.69 Å². The zero-order valence-corrected chi connectivity index (χ0v) is 14.7. The highest BCUT2D eigenvalue weighted by molar-refractivity contribution is 9.11. The first-order chi connectivity index (χ1) is 9.63. The van der Waals surface area contributed by atoms with Gasteiger partial charge in [-0.3, -0.25) is 0 Å². The van der Waals surface area contributed by atoms with Crippen molar-refractivity contribution in [1.29, 1.82) is 0 Å². The van der Waals surface area contributed by atoms with Gasteiger partial charge in [-0.2, -0.15) is 0 Å². The Labute approximate surface area is 141 Å². The van der Waals surface area contributed by atoms with Crippen molar-refractivity contribution >= 4 is 49.1 Å². The van der Waals surface area contributed by atoms with Gasteiger partial charge in [-0.15, -0.1) is 0 Å². The lowest BCUT2D eigenvalue weighted by molar-refractivity contribution is 0.678. The first-order valence-electron chi connectivity index (χ1n) is 6.60. The van der Waals surface area contributed by atoms with Crippen molar-refractivity contribution in [2.75, 3.05) is 5.32 Å². The molecule has 2 aromatic carbocycles. The number of nitrogens with one attached hydrogen (secondary N) is 1. The molecule has 2 aromatic rings. The van der Waals surface area contributed by atoms with Crippen molar-refractivity contribution in [3.05, 3.63) is 62.0 Å². The summed E-state index contributed by atoms with van der Waals surface area (Å²) in [4.78, 5) is 0. The molecule has 0 bridgehead atoms. The molecule has 104 valence electrons. The van der Waals surface area contributed by atoms with Gasteiger partial charge in [0.15, 0.2) is 0 Å². The Morgan fingerprint density at radius 3 is 2.35 bits per heavy atom. The third-order valence-electron chi connectivity index (χ3n) is 3.56. The van der Waals surface area contributed by atoms with Gasteiger partial charge in [0.05, 0.1) is 6.04 Å². The number of benzene rings is 2. The van der Waals surface area contributed by atoms with E-state index in [0.29, 0.717) is 12.0 Å². The van der Waals surface area contributed by atoms with Gasteiger partial charge in [0.2, 0.25) is 0 Å². The van der Waals surface area contributed by atoms with E-state index in [1.165, 1.54) is 18.4 Å². The molecule has 0 amide bonds. The normalized spacial score (nSPS) is 15.9. The van der Waals surface area contributed by atoms with Crippen LogP contribution in [0.25, 0.3) is 0 Å². The standard InChI is InChI=1S/C16H14Br2ClN/c17-12-5-8-15(14(18)9-12)20-16(10-1-2-10)11-3-6-13(19)7-4-11/h3-10,16,20H,1-2H2. The van der Waals surface area contributed by atoms with Crippen molar-refractivity contribution in [2.45, 2.75) is 18.9 Å². The smallest absolute Gasteiger partial charge is 0.0542 e. The van der Waals surface area contributed by atoms with E-state index >= 15 is 0 Å². The van der Waals surface area contributed by atoms with Gasteiger partial charge in [0.25, 0.3) is 0 Å². The van der Waals surface area contributed by atoms with E-state index in [4.69, 9.17) is 11.6 Å². The number of hydrogen-bond acceptors (Lipinski definition) is 1. The average Bonchev–Trinajstić information content (AvgIpc) is 3.24. The SMILES string of the molecule is Clc1ccc(C(Nc2ccc(Br)cc2Br)C2CC2)cc1. The van der Waals surface area contributed by atoms with Crippen LogP contribution in [0.1, 0.15) is 24.4 Å². The summed E-state index contributed by atoms with van der Waals surface area (Å²) in [7, 11) is 0. The summed E-state index contributed by atoms with van der Waals surface area (Å²) < 4.78 is 2.15. The largest absolute Gasteiger partial charge is 0.377 e. The summed E-state index contributed by atoms with van der Waals surface area (Å²) in [6.45, 7) is 0. The summed E-state index contributed by atoms with van der Waals surface area (Å²) in [5.41, 5.74) is 2.42. The summed E-state index contributed by atoms with van der Waals surface area (Å²) in [6.07, 6.45) is 2.57. The summed E-state index contributed by atoms with van der Waals surface area (Å²) >= 11 is 13.1. The van der Waals surface area contributed by atoms with Gasteiger partial charge in [-0.05, 0) is 70.6 Å². The van der Waals surface area contributed by atoms with Gasteiger partial charge in [0.1, 0.15) is 0 Å². The van der Waals surface area contributed by atoms with Gasteiger partial charge < -0.3 is 5.32 Å². The maximum absolute atomic E-state index is 5.98. The van der Waals surface area contributed by atoms with Gasteiger partial charge in [-0.25, -0.2) is 0 Å². The molecule has 1 saturated carbocycles. The quantitative estimate of drug-likeness (QED) is 0.607. The lowest BCUT2D eigenvalue weighted by Gasteiger charge is -2.21. The second-order valence-corrected chi connectivity index (χ2v) is 7.34. The van der Waals surface area contributed by atoms with E-state index in [0.717, 1.165) is 19.7 Å². The molecule has 0 radical (unpaired) electrons. The lowest BCUT2D eigenvalue weighted by Crippen LogP contribution is -2.13. The Balaban J connectivity index is 1.86. The topological polar surface area (TPSA) is 12.0 Å². The third-order valence-corrected chi connectivity index (χ3v) is 4.97. The highest BCUT2D eigenvalue weighted by Crippen LogP contribution is 2.44. The number of hydrogen-bond donors (Lipinski definition) is 1. The Bertz CT molecular complexity index is 608. The van der Waals surface area contributed by atoms with Crippen LogP contribution in [0.15, 0.2) is 51.4 Å². The van der Waals surface area contributed by atoms with Crippen LogP contribution >= 0.6 is 43.5 Å². The number of rotatable bonds is 4. The molecule has 0 aliphatic heterocycles. The monoisotopic (exact) mass is 413 g/mol. The first kappa shape index (κ1) is 14.4. The van der Waals surface area contributed by atoms with Crippen LogP contribution in [0.3, 0.4) is 0 Å². The molecule has 3 rings (SSSR count).